The first-order chi connectivity index (χ1) is 14.2. The van der Waals surface area contributed by atoms with Crippen molar-refractivity contribution < 1.29 is 19.4 Å². The molecule has 2 aromatic rings. The highest BCUT2D eigenvalue weighted by atomic mass is 79.9. The van der Waals surface area contributed by atoms with E-state index >= 15 is 0 Å². The summed E-state index contributed by atoms with van der Waals surface area (Å²) in [5, 5.41) is 12.9. The minimum atomic E-state index is -0.350. The number of phenols is 1. The van der Waals surface area contributed by atoms with Gasteiger partial charge in [-0.25, -0.2) is 0 Å². The highest BCUT2D eigenvalue weighted by molar-refractivity contribution is 8.93. The van der Waals surface area contributed by atoms with Gasteiger partial charge < -0.3 is 19.9 Å². The minimum Gasteiger partial charge on any atom is -0.508 e. The fourth-order valence-corrected chi connectivity index (χ4v) is 4.36. The molecule has 1 saturated heterocycles. The molecule has 4 rings (SSSR count). The highest BCUT2D eigenvalue weighted by Crippen LogP contribution is 2.36. The summed E-state index contributed by atoms with van der Waals surface area (Å²) in [5.41, 5.74) is 1.45. The van der Waals surface area contributed by atoms with Crippen molar-refractivity contribution in [2.75, 3.05) is 19.7 Å². The van der Waals surface area contributed by atoms with E-state index in [-0.39, 0.29) is 40.5 Å². The molecule has 162 valence electrons. The van der Waals surface area contributed by atoms with Crippen LogP contribution >= 0.6 is 17.0 Å². The van der Waals surface area contributed by atoms with Crippen LogP contribution in [-0.4, -0.2) is 36.7 Å². The predicted molar refractivity (Wildman–Crippen MR) is 122 cm³/mol. The smallest absolute Gasteiger partial charge is 0.177 e. The number of aromatic hydroxyl groups is 1. The molecule has 2 aromatic carbocycles. The van der Waals surface area contributed by atoms with E-state index in [0.29, 0.717) is 23.8 Å². The largest absolute Gasteiger partial charge is 0.508 e. The number of nitrogens with one attached hydrogen (secondary N) is 1. The van der Waals surface area contributed by atoms with Gasteiger partial charge in [-0.1, -0.05) is 25.5 Å². The Morgan fingerprint density at radius 3 is 2.60 bits per heavy atom. The second-order valence-corrected chi connectivity index (χ2v) is 8.01. The normalized spacial score (nSPS) is 19.9. The number of phenolic OH excluding ortho intramolecular Hbond substituents is 1. The van der Waals surface area contributed by atoms with Gasteiger partial charge >= 0.3 is 0 Å². The molecular weight excluding hydrogens is 446 g/mol. The van der Waals surface area contributed by atoms with E-state index in [4.69, 9.17) is 9.47 Å². The fraction of sp³-hybridized carbons (Fsp3) is 0.458. The van der Waals surface area contributed by atoms with Crippen LogP contribution in [0.2, 0.25) is 0 Å². The molecule has 0 saturated carbocycles. The third-order valence-electron chi connectivity index (χ3n) is 6.01. The van der Waals surface area contributed by atoms with E-state index in [9.17, 15) is 9.90 Å². The zero-order chi connectivity index (χ0) is 20.2. The summed E-state index contributed by atoms with van der Waals surface area (Å²) < 4.78 is 12.3. The van der Waals surface area contributed by atoms with Crippen LogP contribution in [0.25, 0.3) is 0 Å². The maximum Gasteiger partial charge on any atom is 0.177 e. The number of halogens is 1. The third-order valence-corrected chi connectivity index (χ3v) is 6.01. The number of ether oxygens (including phenoxy) is 2. The summed E-state index contributed by atoms with van der Waals surface area (Å²) in [6.07, 6.45) is 4.59. The van der Waals surface area contributed by atoms with Gasteiger partial charge in [-0.3, -0.25) is 4.79 Å². The molecule has 2 heterocycles. The standard InChI is InChI=1S/C24H29NO4.BrH/c1-2-3-22(17-10-12-25-13-11-17)29-19-8-9-20-23(14-19)28-15-21(24(20)27)16-4-6-18(26)7-5-16;/h4-9,14,17,21-22,25-26H,2-3,10-13,15H2,1H3;1H. The first kappa shape index (κ1) is 22.6. The summed E-state index contributed by atoms with van der Waals surface area (Å²) >= 11 is 0. The Morgan fingerprint density at radius 2 is 1.90 bits per heavy atom. The summed E-state index contributed by atoms with van der Waals surface area (Å²) in [5.74, 6) is 1.83. The van der Waals surface area contributed by atoms with E-state index in [1.807, 2.05) is 18.2 Å². The Labute approximate surface area is 188 Å². The lowest BCUT2D eigenvalue weighted by molar-refractivity contribution is 0.0891. The van der Waals surface area contributed by atoms with Crippen LogP contribution in [0.4, 0.5) is 0 Å². The molecule has 30 heavy (non-hydrogen) atoms. The number of hydrogen-bond donors (Lipinski definition) is 2. The Hall–Kier alpha value is -2.05. The molecule has 0 aliphatic carbocycles. The number of hydrogen-bond acceptors (Lipinski definition) is 5. The van der Waals surface area contributed by atoms with Crippen molar-refractivity contribution in [3.05, 3.63) is 53.6 Å². The first-order valence-corrected chi connectivity index (χ1v) is 10.6. The lowest BCUT2D eigenvalue weighted by Crippen LogP contribution is -2.36. The molecule has 2 aliphatic heterocycles. The molecule has 5 nitrogen and oxygen atoms in total. The van der Waals surface area contributed by atoms with E-state index < -0.39 is 0 Å². The van der Waals surface area contributed by atoms with Crippen molar-refractivity contribution >= 4 is 22.8 Å². The van der Waals surface area contributed by atoms with Crippen molar-refractivity contribution in [1.29, 1.82) is 0 Å². The maximum absolute atomic E-state index is 13.0. The van der Waals surface area contributed by atoms with E-state index in [1.54, 1.807) is 24.3 Å². The molecule has 1 fully saturated rings. The molecule has 0 aromatic heterocycles. The molecule has 0 spiro atoms. The van der Waals surface area contributed by atoms with Gasteiger partial charge in [0.15, 0.2) is 5.78 Å². The lowest BCUT2D eigenvalue weighted by Gasteiger charge is -2.31. The number of ketones is 1. The van der Waals surface area contributed by atoms with Crippen molar-refractivity contribution in [3.63, 3.8) is 0 Å². The Bertz CT molecular complexity index is 849. The lowest BCUT2D eigenvalue weighted by atomic mass is 9.88. The van der Waals surface area contributed by atoms with E-state index in [2.05, 4.69) is 12.2 Å². The molecule has 0 amide bonds. The predicted octanol–water partition coefficient (Wildman–Crippen LogP) is 4.88. The second kappa shape index (κ2) is 10.3. The Kier molecular flexibility index (Phi) is 7.78. The first-order valence-electron chi connectivity index (χ1n) is 10.6. The quantitative estimate of drug-likeness (QED) is 0.623. The van der Waals surface area contributed by atoms with Gasteiger partial charge in [-0.15, -0.1) is 17.0 Å². The number of carbonyl (C=O) groups is 1. The number of benzene rings is 2. The van der Waals surface area contributed by atoms with Crippen molar-refractivity contribution in [3.8, 4) is 17.2 Å². The van der Waals surface area contributed by atoms with E-state index in [1.165, 1.54) is 0 Å². The van der Waals surface area contributed by atoms with Crippen LogP contribution in [0, 0.1) is 5.92 Å². The second-order valence-electron chi connectivity index (χ2n) is 8.01. The third kappa shape index (κ3) is 4.98. The molecular formula is C24H30BrNO4. The van der Waals surface area contributed by atoms with Crippen LogP contribution in [0.3, 0.4) is 0 Å². The number of rotatable bonds is 6. The highest BCUT2D eigenvalue weighted by Gasteiger charge is 2.31. The van der Waals surface area contributed by atoms with Gasteiger partial charge in [0.25, 0.3) is 0 Å². The molecule has 0 radical (unpaired) electrons. The monoisotopic (exact) mass is 475 g/mol. The van der Waals surface area contributed by atoms with Gasteiger partial charge in [0.05, 0.1) is 11.5 Å². The van der Waals surface area contributed by atoms with Crippen molar-refractivity contribution in [2.45, 2.75) is 44.6 Å². The zero-order valence-electron chi connectivity index (χ0n) is 17.3. The van der Waals surface area contributed by atoms with Crippen molar-refractivity contribution in [2.24, 2.45) is 5.92 Å². The Balaban J connectivity index is 0.00000256. The van der Waals surface area contributed by atoms with E-state index in [0.717, 1.165) is 50.1 Å². The van der Waals surface area contributed by atoms with Gasteiger partial charge in [0, 0.05) is 6.07 Å². The van der Waals surface area contributed by atoms with Crippen molar-refractivity contribution in [1.82, 2.24) is 5.32 Å². The van der Waals surface area contributed by atoms with Crippen LogP contribution in [-0.2, 0) is 0 Å². The van der Waals surface area contributed by atoms with Crippen LogP contribution in [0.15, 0.2) is 42.5 Å². The van der Waals surface area contributed by atoms with Gasteiger partial charge in [-0.2, -0.15) is 0 Å². The number of piperidine rings is 1. The number of fused-ring (bicyclic) bond motifs is 1. The molecule has 0 bridgehead atoms. The molecule has 2 atom stereocenters. The molecule has 2 N–H and O–H groups in total. The Morgan fingerprint density at radius 1 is 1.17 bits per heavy atom. The van der Waals surface area contributed by atoms with Gasteiger partial charge in [0.2, 0.25) is 0 Å². The van der Waals surface area contributed by atoms with Crippen LogP contribution in [0.5, 0.6) is 17.2 Å². The summed E-state index contributed by atoms with van der Waals surface area (Å²) in [4.78, 5) is 13.0. The summed E-state index contributed by atoms with van der Waals surface area (Å²) in [7, 11) is 0. The molecule has 2 aliphatic rings. The van der Waals surface area contributed by atoms with Gasteiger partial charge in [0.1, 0.15) is 30.0 Å². The van der Waals surface area contributed by atoms with Gasteiger partial charge in [-0.05, 0) is 68.1 Å². The summed E-state index contributed by atoms with van der Waals surface area (Å²) in [6.45, 7) is 4.59. The molecule has 6 heteroatoms. The average Bonchev–Trinajstić information content (AvgIpc) is 2.75. The SMILES string of the molecule is Br.CCCC(Oc1ccc2c(c1)OCC(c1ccc(O)cc1)C2=O)C1CCNCC1. The number of Topliss-reactive ketones (excluding diaryl/α,β-unsaturated/α-hetero) is 1. The minimum absolute atomic E-state index is 0. The maximum atomic E-state index is 13.0. The topological polar surface area (TPSA) is 67.8 Å². The molecule has 2 unspecified atom stereocenters. The summed E-state index contributed by atoms with van der Waals surface area (Å²) in [6, 6.07) is 12.3. The zero-order valence-corrected chi connectivity index (χ0v) is 19.0. The van der Waals surface area contributed by atoms with Crippen LogP contribution < -0.4 is 14.8 Å². The number of carbonyl (C=O) groups excluding carboxylic acids is 1. The van der Waals surface area contributed by atoms with Crippen LogP contribution in [0.1, 0.15) is 54.4 Å². The average molecular weight is 476 g/mol. The fourth-order valence-electron chi connectivity index (χ4n) is 4.36.